The molecule has 146 valence electrons. The van der Waals surface area contributed by atoms with Crippen molar-refractivity contribution in [1.29, 1.82) is 0 Å². The molecule has 0 bridgehead atoms. The molecule has 3 aromatic carbocycles. The summed E-state index contributed by atoms with van der Waals surface area (Å²) in [5, 5.41) is 10.5. The number of hydrogen-bond donors (Lipinski definition) is 1. The van der Waals surface area contributed by atoms with Crippen LogP contribution in [0.15, 0.2) is 76.7 Å². The molecule has 0 aliphatic carbocycles. The summed E-state index contributed by atoms with van der Waals surface area (Å²) < 4.78 is 0. The summed E-state index contributed by atoms with van der Waals surface area (Å²) in [6.07, 6.45) is 0.556. The third-order valence-electron chi connectivity index (χ3n) is 5.28. The van der Waals surface area contributed by atoms with Gasteiger partial charge in [0, 0.05) is 12.0 Å². The summed E-state index contributed by atoms with van der Waals surface area (Å²) in [5.41, 5.74) is 7.71. The van der Waals surface area contributed by atoms with Crippen molar-refractivity contribution in [3.63, 3.8) is 0 Å². The second-order valence-corrected chi connectivity index (χ2v) is 8.63. The number of para-hydroxylation sites is 2. The van der Waals surface area contributed by atoms with Gasteiger partial charge in [0.25, 0.3) is 0 Å². The topological polar surface area (TPSA) is 45.0 Å². The molecule has 0 saturated carbocycles. The third kappa shape index (κ3) is 4.00. The molecule has 0 fully saturated rings. The average molecular weight is 383 g/mol. The van der Waals surface area contributed by atoms with Crippen LogP contribution >= 0.6 is 0 Å². The lowest BCUT2D eigenvalue weighted by Crippen LogP contribution is -2.13. The van der Waals surface area contributed by atoms with Gasteiger partial charge in [0.2, 0.25) is 0 Å². The molecule has 1 aliphatic rings. The molecule has 0 atom stereocenters. The Hall–Kier alpha value is -3.20. The Balaban J connectivity index is 1.81. The fourth-order valence-electron chi connectivity index (χ4n) is 3.55. The quantitative estimate of drug-likeness (QED) is 0.530. The Bertz CT molecular complexity index is 1120. The Kier molecular flexibility index (Phi) is 4.83. The normalized spacial score (nSPS) is 13.9. The van der Waals surface area contributed by atoms with Crippen LogP contribution in [0.3, 0.4) is 0 Å². The van der Waals surface area contributed by atoms with Crippen molar-refractivity contribution in [3.05, 3.63) is 89.0 Å². The van der Waals surface area contributed by atoms with Crippen LogP contribution in [-0.2, 0) is 5.41 Å². The highest BCUT2D eigenvalue weighted by molar-refractivity contribution is 6.21. The first-order valence-corrected chi connectivity index (χ1v) is 9.96. The first kappa shape index (κ1) is 19.1. The molecule has 0 amide bonds. The summed E-state index contributed by atoms with van der Waals surface area (Å²) in [7, 11) is 0. The van der Waals surface area contributed by atoms with E-state index in [1.54, 1.807) is 6.07 Å². The van der Waals surface area contributed by atoms with Crippen LogP contribution in [0.1, 0.15) is 49.4 Å². The van der Waals surface area contributed by atoms with Crippen LogP contribution in [-0.4, -0.2) is 16.5 Å². The lowest BCUT2D eigenvalue weighted by Gasteiger charge is -2.19. The average Bonchev–Trinajstić information content (AvgIpc) is 2.87. The van der Waals surface area contributed by atoms with Gasteiger partial charge in [0.1, 0.15) is 5.75 Å². The van der Waals surface area contributed by atoms with E-state index in [2.05, 4.69) is 45.0 Å². The number of aliphatic imine (C=N–C) groups is 2. The summed E-state index contributed by atoms with van der Waals surface area (Å²) in [4.78, 5) is 9.82. The molecule has 0 aromatic heterocycles. The first-order chi connectivity index (χ1) is 13.8. The molecule has 0 radical (unpaired) electrons. The Morgan fingerprint density at radius 3 is 2.00 bits per heavy atom. The zero-order chi connectivity index (χ0) is 20.6. The molecule has 29 heavy (non-hydrogen) atoms. The number of hydrogen-bond acceptors (Lipinski definition) is 3. The predicted molar refractivity (Wildman–Crippen MR) is 121 cm³/mol. The van der Waals surface area contributed by atoms with Crippen LogP contribution in [0.25, 0.3) is 0 Å². The molecular formula is C26H26N2O. The lowest BCUT2D eigenvalue weighted by molar-refractivity contribution is 0.473. The summed E-state index contributed by atoms with van der Waals surface area (Å²) in [6, 6.07) is 22.3. The van der Waals surface area contributed by atoms with Gasteiger partial charge < -0.3 is 5.11 Å². The largest absolute Gasteiger partial charge is 0.507 e. The number of aryl methyl sites for hydroxylation is 1. The van der Waals surface area contributed by atoms with Crippen LogP contribution in [0.2, 0.25) is 0 Å². The molecule has 1 aliphatic heterocycles. The van der Waals surface area contributed by atoms with Gasteiger partial charge in [-0.05, 0) is 53.3 Å². The highest BCUT2D eigenvalue weighted by atomic mass is 16.3. The summed E-state index contributed by atoms with van der Waals surface area (Å²) in [5.74, 6) is 0.255. The maximum atomic E-state index is 10.5. The fourth-order valence-corrected chi connectivity index (χ4v) is 3.55. The van der Waals surface area contributed by atoms with Gasteiger partial charge >= 0.3 is 0 Å². The maximum Gasteiger partial charge on any atom is 0.124 e. The van der Waals surface area contributed by atoms with E-state index in [9.17, 15) is 5.11 Å². The van der Waals surface area contributed by atoms with E-state index in [-0.39, 0.29) is 11.2 Å². The minimum Gasteiger partial charge on any atom is -0.507 e. The molecule has 3 aromatic rings. The number of rotatable bonds is 2. The second kappa shape index (κ2) is 7.32. The SMILES string of the molecule is Cc1ccc(C2=Nc3ccccc3N=C(c3ccc(C(C)(C)C)cc3)C2)c(O)c1. The van der Waals surface area contributed by atoms with Crippen LogP contribution in [0.4, 0.5) is 11.4 Å². The van der Waals surface area contributed by atoms with Gasteiger partial charge in [0.05, 0.1) is 22.8 Å². The number of nitrogens with zero attached hydrogens (tertiary/aromatic N) is 2. The van der Waals surface area contributed by atoms with Gasteiger partial charge in [0.15, 0.2) is 0 Å². The highest BCUT2D eigenvalue weighted by Crippen LogP contribution is 2.34. The number of phenols is 1. The first-order valence-electron chi connectivity index (χ1n) is 9.96. The van der Waals surface area contributed by atoms with Crippen molar-refractivity contribution >= 4 is 22.8 Å². The molecular weight excluding hydrogens is 356 g/mol. The molecule has 1 heterocycles. The summed E-state index contributed by atoms with van der Waals surface area (Å²) >= 11 is 0. The standard InChI is InChI=1S/C26H26N2O/c1-17-9-14-20(25(29)15-17)24-16-23(27-21-7-5-6-8-22(21)28-24)18-10-12-19(13-11-18)26(2,3)4/h5-15,29H,16H2,1-4H3. The van der Waals surface area contributed by atoms with E-state index in [0.29, 0.717) is 6.42 Å². The van der Waals surface area contributed by atoms with Crippen LogP contribution in [0, 0.1) is 6.92 Å². The predicted octanol–water partition coefficient (Wildman–Crippen LogP) is 6.64. The lowest BCUT2D eigenvalue weighted by atomic mass is 9.86. The summed E-state index contributed by atoms with van der Waals surface area (Å²) in [6.45, 7) is 8.61. The zero-order valence-electron chi connectivity index (χ0n) is 17.4. The van der Waals surface area contributed by atoms with E-state index in [1.807, 2.05) is 43.3 Å². The number of aromatic hydroxyl groups is 1. The van der Waals surface area contributed by atoms with E-state index in [1.165, 1.54) is 5.56 Å². The van der Waals surface area contributed by atoms with Crippen LogP contribution < -0.4 is 0 Å². The molecule has 0 spiro atoms. The van der Waals surface area contributed by atoms with Crippen molar-refractivity contribution in [2.75, 3.05) is 0 Å². The molecule has 0 unspecified atom stereocenters. The molecule has 4 rings (SSSR count). The number of fused-ring (bicyclic) bond motifs is 1. The highest BCUT2D eigenvalue weighted by Gasteiger charge is 2.19. The molecule has 0 saturated heterocycles. The monoisotopic (exact) mass is 382 g/mol. The van der Waals surface area contributed by atoms with Crippen molar-refractivity contribution in [3.8, 4) is 5.75 Å². The fraction of sp³-hybridized carbons (Fsp3) is 0.231. The zero-order valence-corrected chi connectivity index (χ0v) is 17.4. The number of benzene rings is 3. The van der Waals surface area contributed by atoms with Gasteiger partial charge in [-0.25, -0.2) is 0 Å². The minimum absolute atomic E-state index is 0.108. The molecule has 3 nitrogen and oxygen atoms in total. The Morgan fingerprint density at radius 1 is 0.793 bits per heavy atom. The Morgan fingerprint density at radius 2 is 1.41 bits per heavy atom. The van der Waals surface area contributed by atoms with Gasteiger partial charge in [-0.15, -0.1) is 0 Å². The van der Waals surface area contributed by atoms with Gasteiger partial charge in [-0.2, -0.15) is 0 Å². The number of phenolic OH excluding ortho intramolecular Hbond substituents is 1. The van der Waals surface area contributed by atoms with E-state index < -0.39 is 0 Å². The van der Waals surface area contributed by atoms with Crippen molar-refractivity contribution in [2.24, 2.45) is 9.98 Å². The van der Waals surface area contributed by atoms with E-state index in [4.69, 9.17) is 9.98 Å². The maximum absolute atomic E-state index is 10.5. The second-order valence-electron chi connectivity index (χ2n) is 8.63. The smallest absolute Gasteiger partial charge is 0.124 e. The van der Waals surface area contributed by atoms with Crippen molar-refractivity contribution in [1.82, 2.24) is 0 Å². The van der Waals surface area contributed by atoms with Gasteiger partial charge in [-0.3, -0.25) is 9.98 Å². The van der Waals surface area contributed by atoms with Crippen molar-refractivity contribution in [2.45, 2.75) is 39.5 Å². The third-order valence-corrected chi connectivity index (χ3v) is 5.28. The van der Waals surface area contributed by atoms with E-state index >= 15 is 0 Å². The van der Waals surface area contributed by atoms with Crippen LogP contribution in [0.5, 0.6) is 5.75 Å². The van der Waals surface area contributed by atoms with Crippen molar-refractivity contribution < 1.29 is 5.11 Å². The molecule has 3 heteroatoms. The van der Waals surface area contributed by atoms with E-state index in [0.717, 1.165) is 39.5 Å². The van der Waals surface area contributed by atoms with Gasteiger partial charge in [-0.1, -0.05) is 63.2 Å². The minimum atomic E-state index is 0.108. The molecule has 1 N–H and O–H groups in total. The Labute approximate surface area is 172 Å².